The van der Waals surface area contributed by atoms with Gasteiger partial charge in [0.1, 0.15) is 5.75 Å². The van der Waals surface area contributed by atoms with E-state index >= 15 is 0 Å². The highest BCUT2D eigenvalue weighted by atomic mass is 35.5. The monoisotopic (exact) mass is 303 g/mol. The fraction of sp³-hybridized carbons (Fsp3) is 0.235. The van der Waals surface area contributed by atoms with Gasteiger partial charge >= 0.3 is 0 Å². The van der Waals surface area contributed by atoms with E-state index in [1.807, 2.05) is 50.2 Å². The number of benzene rings is 2. The molecule has 1 N–H and O–H groups in total. The second kappa shape index (κ2) is 7.14. The SMILES string of the molecule is Cc1ccc(C)c(OCC(=O)NCc2cccc(Cl)c2)c1. The minimum atomic E-state index is -0.157. The average Bonchev–Trinajstić information content (AvgIpc) is 2.46. The normalized spacial score (nSPS) is 10.2. The van der Waals surface area contributed by atoms with Crippen LogP contribution >= 0.6 is 11.6 Å². The quantitative estimate of drug-likeness (QED) is 0.915. The van der Waals surface area contributed by atoms with E-state index in [0.29, 0.717) is 11.6 Å². The minimum Gasteiger partial charge on any atom is -0.483 e. The Balaban J connectivity index is 1.83. The van der Waals surface area contributed by atoms with Crippen molar-refractivity contribution in [3.63, 3.8) is 0 Å². The molecule has 2 aromatic rings. The van der Waals surface area contributed by atoms with Gasteiger partial charge in [0, 0.05) is 11.6 Å². The molecule has 4 heteroatoms. The molecule has 0 aliphatic carbocycles. The van der Waals surface area contributed by atoms with E-state index in [2.05, 4.69) is 5.32 Å². The van der Waals surface area contributed by atoms with Crippen LogP contribution in [0.4, 0.5) is 0 Å². The van der Waals surface area contributed by atoms with Gasteiger partial charge < -0.3 is 10.1 Å². The third kappa shape index (κ3) is 4.80. The maximum absolute atomic E-state index is 11.8. The first-order valence-electron chi connectivity index (χ1n) is 6.76. The molecule has 0 fully saturated rings. The van der Waals surface area contributed by atoms with E-state index in [1.165, 1.54) is 0 Å². The lowest BCUT2D eigenvalue weighted by atomic mass is 10.1. The Bertz CT molecular complexity index is 640. The highest BCUT2D eigenvalue weighted by molar-refractivity contribution is 6.30. The summed E-state index contributed by atoms with van der Waals surface area (Å²) < 4.78 is 5.55. The molecule has 0 unspecified atom stereocenters. The topological polar surface area (TPSA) is 38.3 Å². The zero-order valence-electron chi connectivity index (χ0n) is 12.2. The lowest BCUT2D eigenvalue weighted by molar-refractivity contribution is -0.123. The maximum atomic E-state index is 11.8. The lowest BCUT2D eigenvalue weighted by Crippen LogP contribution is -2.28. The Morgan fingerprint density at radius 3 is 2.76 bits per heavy atom. The molecule has 0 heterocycles. The molecule has 2 aromatic carbocycles. The number of nitrogens with one attached hydrogen (secondary N) is 1. The average molecular weight is 304 g/mol. The van der Waals surface area contributed by atoms with Crippen LogP contribution in [0.3, 0.4) is 0 Å². The summed E-state index contributed by atoms with van der Waals surface area (Å²) in [7, 11) is 0. The molecule has 2 rings (SSSR count). The number of halogens is 1. The van der Waals surface area contributed by atoms with Crippen molar-refractivity contribution in [3.8, 4) is 5.75 Å². The molecular weight excluding hydrogens is 286 g/mol. The first-order chi connectivity index (χ1) is 10.0. The zero-order valence-corrected chi connectivity index (χ0v) is 12.9. The third-order valence-electron chi connectivity index (χ3n) is 3.08. The number of hydrogen-bond acceptors (Lipinski definition) is 2. The summed E-state index contributed by atoms with van der Waals surface area (Å²) in [6.45, 7) is 4.39. The number of rotatable bonds is 5. The van der Waals surface area contributed by atoms with E-state index in [1.54, 1.807) is 6.07 Å². The van der Waals surface area contributed by atoms with E-state index in [4.69, 9.17) is 16.3 Å². The zero-order chi connectivity index (χ0) is 15.2. The highest BCUT2D eigenvalue weighted by Crippen LogP contribution is 2.18. The standard InChI is InChI=1S/C17H18ClNO2/c1-12-6-7-13(2)16(8-12)21-11-17(20)19-10-14-4-3-5-15(18)9-14/h3-9H,10-11H2,1-2H3,(H,19,20). The van der Waals surface area contributed by atoms with Crippen LogP contribution in [0.15, 0.2) is 42.5 Å². The molecule has 0 atom stereocenters. The Hall–Kier alpha value is -2.00. The summed E-state index contributed by atoms with van der Waals surface area (Å²) >= 11 is 5.90. The first kappa shape index (κ1) is 15.4. The van der Waals surface area contributed by atoms with Gasteiger partial charge in [0.15, 0.2) is 6.61 Å². The van der Waals surface area contributed by atoms with Gasteiger partial charge in [-0.1, -0.05) is 35.9 Å². The van der Waals surface area contributed by atoms with Crippen molar-refractivity contribution in [1.82, 2.24) is 5.32 Å². The molecule has 0 aliphatic heterocycles. The van der Waals surface area contributed by atoms with Crippen LogP contribution in [-0.4, -0.2) is 12.5 Å². The Labute approximate surface area is 129 Å². The number of carbonyl (C=O) groups excluding carboxylic acids is 1. The van der Waals surface area contributed by atoms with Crippen molar-refractivity contribution in [2.45, 2.75) is 20.4 Å². The smallest absolute Gasteiger partial charge is 0.258 e. The molecule has 3 nitrogen and oxygen atoms in total. The Morgan fingerprint density at radius 2 is 2.00 bits per heavy atom. The maximum Gasteiger partial charge on any atom is 0.258 e. The van der Waals surface area contributed by atoms with Crippen LogP contribution in [0.5, 0.6) is 5.75 Å². The summed E-state index contributed by atoms with van der Waals surface area (Å²) in [5, 5.41) is 3.47. The molecule has 110 valence electrons. The number of aryl methyl sites for hydroxylation is 2. The largest absolute Gasteiger partial charge is 0.483 e. The molecule has 0 aromatic heterocycles. The minimum absolute atomic E-state index is 0.00482. The van der Waals surface area contributed by atoms with Gasteiger partial charge in [0.05, 0.1) is 0 Å². The van der Waals surface area contributed by atoms with Gasteiger partial charge in [0.2, 0.25) is 0 Å². The molecule has 0 saturated heterocycles. The lowest BCUT2D eigenvalue weighted by Gasteiger charge is -2.10. The van der Waals surface area contributed by atoms with E-state index in [-0.39, 0.29) is 12.5 Å². The van der Waals surface area contributed by atoms with Gasteiger partial charge in [-0.15, -0.1) is 0 Å². The number of carbonyl (C=O) groups is 1. The molecule has 0 aliphatic rings. The molecule has 0 bridgehead atoms. The summed E-state index contributed by atoms with van der Waals surface area (Å²) in [6.07, 6.45) is 0. The molecule has 21 heavy (non-hydrogen) atoms. The Morgan fingerprint density at radius 1 is 1.19 bits per heavy atom. The van der Waals surface area contributed by atoms with Gasteiger partial charge in [-0.3, -0.25) is 4.79 Å². The summed E-state index contributed by atoms with van der Waals surface area (Å²) in [5.41, 5.74) is 3.08. The van der Waals surface area contributed by atoms with Crippen molar-refractivity contribution < 1.29 is 9.53 Å². The number of ether oxygens (including phenoxy) is 1. The van der Waals surface area contributed by atoms with Crippen LogP contribution < -0.4 is 10.1 Å². The highest BCUT2D eigenvalue weighted by Gasteiger charge is 2.05. The molecule has 0 saturated carbocycles. The van der Waals surface area contributed by atoms with Crippen LogP contribution in [0.25, 0.3) is 0 Å². The summed E-state index contributed by atoms with van der Waals surface area (Å²) in [5.74, 6) is 0.587. The van der Waals surface area contributed by atoms with Gasteiger partial charge in [-0.2, -0.15) is 0 Å². The van der Waals surface area contributed by atoms with E-state index < -0.39 is 0 Å². The van der Waals surface area contributed by atoms with Crippen molar-refractivity contribution in [1.29, 1.82) is 0 Å². The Kier molecular flexibility index (Phi) is 5.23. The fourth-order valence-electron chi connectivity index (χ4n) is 1.90. The van der Waals surface area contributed by atoms with Crippen LogP contribution in [0, 0.1) is 13.8 Å². The first-order valence-corrected chi connectivity index (χ1v) is 7.13. The summed E-state index contributed by atoms with van der Waals surface area (Å²) in [4.78, 5) is 11.8. The fourth-order valence-corrected chi connectivity index (χ4v) is 2.12. The van der Waals surface area contributed by atoms with Crippen molar-refractivity contribution in [2.24, 2.45) is 0 Å². The predicted molar refractivity (Wildman–Crippen MR) is 84.7 cm³/mol. The molecule has 0 spiro atoms. The van der Waals surface area contributed by atoms with Crippen LogP contribution in [0.1, 0.15) is 16.7 Å². The van der Waals surface area contributed by atoms with Gasteiger partial charge in [-0.05, 0) is 48.7 Å². The number of hydrogen-bond donors (Lipinski definition) is 1. The van der Waals surface area contributed by atoms with Gasteiger partial charge in [-0.25, -0.2) is 0 Å². The number of amides is 1. The predicted octanol–water partition coefficient (Wildman–Crippen LogP) is 3.65. The summed E-state index contributed by atoms with van der Waals surface area (Å²) in [6, 6.07) is 13.3. The van der Waals surface area contributed by atoms with Crippen LogP contribution in [-0.2, 0) is 11.3 Å². The third-order valence-corrected chi connectivity index (χ3v) is 3.32. The van der Waals surface area contributed by atoms with Crippen LogP contribution in [0.2, 0.25) is 5.02 Å². The van der Waals surface area contributed by atoms with Crippen molar-refractivity contribution in [3.05, 3.63) is 64.2 Å². The molecule has 0 radical (unpaired) electrons. The van der Waals surface area contributed by atoms with Crippen molar-refractivity contribution in [2.75, 3.05) is 6.61 Å². The second-order valence-corrected chi connectivity index (χ2v) is 5.40. The van der Waals surface area contributed by atoms with Crippen molar-refractivity contribution >= 4 is 17.5 Å². The van der Waals surface area contributed by atoms with E-state index in [0.717, 1.165) is 22.4 Å². The second-order valence-electron chi connectivity index (χ2n) is 4.96. The molecular formula is C17H18ClNO2. The van der Waals surface area contributed by atoms with E-state index in [9.17, 15) is 4.79 Å². The van der Waals surface area contributed by atoms with Gasteiger partial charge in [0.25, 0.3) is 5.91 Å². The molecule has 1 amide bonds.